The van der Waals surface area contributed by atoms with Crippen LogP contribution in [0.15, 0.2) is 41.3 Å². The fourth-order valence-electron chi connectivity index (χ4n) is 3.12. The summed E-state index contributed by atoms with van der Waals surface area (Å²) in [6, 6.07) is 8.77. The third-order valence-corrected chi connectivity index (χ3v) is 5.94. The number of carbonyl (C=O) groups is 1. The van der Waals surface area contributed by atoms with Crippen LogP contribution < -0.4 is 10.2 Å². The van der Waals surface area contributed by atoms with Gasteiger partial charge in [0, 0.05) is 37.9 Å². The lowest BCUT2D eigenvalue weighted by atomic mass is 10.1. The molecule has 0 atom stereocenters. The van der Waals surface area contributed by atoms with E-state index in [1.54, 1.807) is 11.0 Å². The quantitative estimate of drug-likeness (QED) is 0.722. The summed E-state index contributed by atoms with van der Waals surface area (Å²) in [5.41, 5.74) is 0.464. The molecule has 3 rings (SSSR count). The summed E-state index contributed by atoms with van der Waals surface area (Å²) in [5, 5.41) is 2.79. The Hall–Kier alpha value is -2.26. The summed E-state index contributed by atoms with van der Waals surface area (Å²) < 4.78 is 50.9. The molecule has 1 aliphatic heterocycles. The van der Waals surface area contributed by atoms with Crippen molar-refractivity contribution in [3.8, 4) is 0 Å². The van der Waals surface area contributed by atoms with E-state index in [9.17, 15) is 22.0 Å². The normalized spacial score (nSPS) is 16.9. The highest BCUT2D eigenvalue weighted by Gasteiger charge is 2.33. The molecule has 2 heterocycles. The van der Waals surface area contributed by atoms with E-state index in [2.05, 4.69) is 10.3 Å². The molecule has 2 aromatic rings. The average Bonchev–Trinajstić information content (AvgIpc) is 2.81. The predicted molar refractivity (Wildman–Crippen MR) is 108 cm³/mol. The van der Waals surface area contributed by atoms with Crippen LogP contribution in [0.4, 0.5) is 20.3 Å². The molecule has 1 fully saturated rings. The minimum atomic E-state index is -3.43. The third kappa shape index (κ3) is 5.42. The average molecular weight is 444 g/mol. The number of pyridine rings is 1. The lowest BCUT2D eigenvalue weighted by Crippen LogP contribution is -2.29. The van der Waals surface area contributed by atoms with Crippen molar-refractivity contribution < 1.29 is 22.0 Å². The SMILES string of the molecule is CS(=O)(=O)c1cccc(NC(=O)c2ccc(Cl)nc2N2CCCC(F)(F)CC2)c1. The standard InChI is InChI=1S/C19H20ClF2N3O3S/c1-29(27,28)14-5-2-4-13(12-14)23-18(26)15-6-7-16(20)24-17(15)25-10-3-8-19(21,22)9-11-25/h2,4-7,12H,3,8-11H2,1H3,(H,23,26). The number of rotatable bonds is 4. The predicted octanol–water partition coefficient (Wildman–Crippen LogP) is 4.02. The zero-order chi connectivity index (χ0) is 21.2. The highest BCUT2D eigenvalue weighted by molar-refractivity contribution is 7.90. The van der Waals surface area contributed by atoms with Gasteiger partial charge in [-0.2, -0.15) is 0 Å². The summed E-state index contributed by atoms with van der Waals surface area (Å²) in [6.45, 7) is 0.372. The maximum atomic E-state index is 13.7. The second kappa shape index (κ2) is 8.23. The number of amides is 1. The molecular weight excluding hydrogens is 424 g/mol. The van der Waals surface area contributed by atoms with Crippen molar-refractivity contribution in [1.29, 1.82) is 0 Å². The second-order valence-corrected chi connectivity index (χ2v) is 9.36. The zero-order valence-corrected chi connectivity index (χ0v) is 17.2. The molecule has 0 aliphatic carbocycles. The maximum Gasteiger partial charge on any atom is 0.259 e. The zero-order valence-electron chi connectivity index (χ0n) is 15.7. The monoisotopic (exact) mass is 443 g/mol. The van der Waals surface area contributed by atoms with Gasteiger partial charge in [-0.1, -0.05) is 17.7 Å². The molecule has 1 amide bonds. The maximum absolute atomic E-state index is 13.7. The smallest absolute Gasteiger partial charge is 0.259 e. The molecule has 1 N–H and O–H groups in total. The number of benzene rings is 1. The summed E-state index contributed by atoms with van der Waals surface area (Å²) in [6.07, 6.45) is 0.783. The third-order valence-electron chi connectivity index (χ3n) is 4.62. The van der Waals surface area contributed by atoms with Crippen LogP contribution in [0.1, 0.15) is 29.6 Å². The van der Waals surface area contributed by atoms with E-state index in [1.807, 2.05) is 0 Å². The van der Waals surface area contributed by atoms with Gasteiger partial charge in [-0.3, -0.25) is 4.79 Å². The number of alkyl halides is 2. The number of sulfone groups is 1. The molecule has 1 aromatic heterocycles. The molecule has 0 radical (unpaired) electrons. The lowest BCUT2D eigenvalue weighted by Gasteiger charge is -2.24. The molecule has 1 saturated heterocycles. The van der Waals surface area contributed by atoms with Crippen molar-refractivity contribution in [2.75, 3.05) is 29.6 Å². The van der Waals surface area contributed by atoms with Crippen LogP contribution in [0.3, 0.4) is 0 Å². The van der Waals surface area contributed by atoms with Crippen LogP contribution in [0.2, 0.25) is 5.15 Å². The van der Waals surface area contributed by atoms with Gasteiger partial charge in [0.1, 0.15) is 11.0 Å². The van der Waals surface area contributed by atoms with Crippen LogP contribution >= 0.6 is 11.6 Å². The molecule has 0 unspecified atom stereocenters. The number of halogens is 3. The van der Waals surface area contributed by atoms with Crippen molar-refractivity contribution in [3.05, 3.63) is 47.1 Å². The summed E-state index contributed by atoms with van der Waals surface area (Å²) in [5.74, 6) is -3.06. The molecule has 29 heavy (non-hydrogen) atoms. The van der Waals surface area contributed by atoms with Crippen LogP contribution in [-0.4, -0.2) is 44.6 Å². The van der Waals surface area contributed by atoms with Gasteiger partial charge >= 0.3 is 0 Å². The van der Waals surface area contributed by atoms with Crippen LogP contribution in [0.5, 0.6) is 0 Å². The first-order valence-electron chi connectivity index (χ1n) is 8.96. The Morgan fingerprint density at radius 3 is 2.69 bits per heavy atom. The van der Waals surface area contributed by atoms with Gasteiger partial charge < -0.3 is 10.2 Å². The van der Waals surface area contributed by atoms with Crippen molar-refractivity contribution in [1.82, 2.24) is 4.98 Å². The van der Waals surface area contributed by atoms with Gasteiger partial charge in [0.15, 0.2) is 9.84 Å². The number of nitrogens with zero attached hydrogens (tertiary/aromatic N) is 2. The first-order chi connectivity index (χ1) is 13.5. The molecular formula is C19H20ClF2N3O3S. The molecule has 156 valence electrons. The van der Waals surface area contributed by atoms with E-state index < -0.39 is 21.7 Å². The van der Waals surface area contributed by atoms with E-state index in [0.29, 0.717) is 12.2 Å². The van der Waals surface area contributed by atoms with Crippen molar-refractivity contribution >= 4 is 38.9 Å². The Bertz CT molecular complexity index is 1030. The van der Waals surface area contributed by atoms with Gasteiger partial charge in [-0.15, -0.1) is 0 Å². The number of nitrogens with one attached hydrogen (secondary N) is 1. The Kier molecular flexibility index (Phi) is 6.09. The molecule has 0 saturated carbocycles. The Balaban J connectivity index is 1.88. The van der Waals surface area contributed by atoms with Crippen LogP contribution in [0.25, 0.3) is 0 Å². The molecule has 1 aliphatic rings. The number of anilines is 2. The molecule has 0 spiro atoms. The van der Waals surface area contributed by atoms with E-state index >= 15 is 0 Å². The number of hydrogen-bond donors (Lipinski definition) is 1. The van der Waals surface area contributed by atoms with Crippen LogP contribution in [-0.2, 0) is 9.84 Å². The second-order valence-electron chi connectivity index (χ2n) is 6.96. The minimum absolute atomic E-state index is 0.0458. The number of carbonyl (C=O) groups excluding carboxylic acids is 1. The Morgan fingerprint density at radius 1 is 1.21 bits per heavy atom. The minimum Gasteiger partial charge on any atom is -0.356 e. The fraction of sp³-hybridized carbons (Fsp3) is 0.368. The molecule has 1 aromatic carbocycles. The van der Waals surface area contributed by atoms with E-state index in [0.717, 1.165) is 6.26 Å². The van der Waals surface area contributed by atoms with Gasteiger partial charge in [-0.05, 0) is 36.8 Å². The number of hydrogen-bond acceptors (Lipinski definition) is 5. The van der Waals surface area contributed by atoms with Gasteiger partial charge in [0.2, 0.25) is 5.92 Å². The largest absolute Gasteiger partial charge is 0.356 e. The first-order valence-corrected chi connectivity index (χ1v) is 11.2. The lowest BCUT2D eigenvalue weighted by molar-refractivity contribution is -0.0102. The van der Waals surface area contributed by atoms with Gasteiger partial charge in [-0.25, -0.2) is 22.2 Å². The Labute approximate surface area is 172 Å². The van der Waals surface area contributed by atoms with E-state index in [1.165, 1.54) is 30.3 Å². The summed E-state index contributed by atoms with van der Waals surface area (Å²) in [4.78, 5) is 18.7. The van der Waals surface area contributed by atoms with E-state index in [4.69, 9.17) is 11.6 Å². The number of aromatic nitrogens is 1. The van der Waals surface area contributed by atoms with E-state index in [-0.39, 0.29) is 47.2 Å². The molecule has 6 nitrogen and oxygen atoms in total. The fourth-order valence-corrected chi connectivity index (χ4v) is 3.93. The molecule has 0 bridgehead atoms. The summed E-state index contributed by atoms with van der Waals surface area (Å²) >= 11 is 5.98. The van der Waals surface area contributed by atoms with Crippen molar-refractivity contribution in [2.24, 2.45) is 0 Å². The van der Waals surface area contributed by atoms with Crippen molar-refractivity contribution in [3.63, 3.8) is 0 Å². The highest BCUT2D eigenvalue weighted by Crippen LogP contribution is 2.31. The molecule has 10 heteroatoms. The Morgan fingerprint density at radius 2 is 1.97 bits per heavy atom. The van der Waals surface area contributed by atoms with Gasteiger partial charge in [0.25, 0.3) is 5.91 Å². The summed E-state index contributed by atoms with van der Waals surface area (Å²) in [7, 11) is -3.43. The topological polar surface area (TPSA) is 79.4 Å². The van der Waals surface area contributed by atoms with Gasteiger partial charge in [0.05, 0.1) is 10.5 Å². The van der Waals surface area contributed by atoms with Crippen LogP contribution in [0, 0.1) is 0 Å². The van der Waals surface area contributed by atoms with Crippen molar-refractivity contribution in [2.45, 2.75) is 30.1 Å². The highest BCUT2D eigenvalue weighted by atomic mass is 35.5. The first kappa shape index (κ1) is 21.4.